The first-order chi connectivity index (χ1) is 20.2. The van der Waals surface area contributed by atoms with Crippen LogP contribution in [0.4, 0.5) is 17.1 Å². The summed E-state index contributed by atoms with van der Waals surface area (Å²) in [7, 11) is 2.09. The van der Waals surface area contributed by atoms with E-state index in [1.54, 1.807) is 6.21 Å². The fraction of sp³-hybridized carbons (Fsp3) is 0.176. The Labute approximate surface area is 241 Å². The van der Waals surface area contributed by atoms with Crippen LogP contribution in [-0.4, -0.2) is 55.1 Å². The fourth-order valence-corrected chi connectivity index (χ4v) is 5.18. The molecular weight excluding hydrogens is 506 g/mol. The topological polar surface area (TPSA) is 59.2 Å². The van der Waals surface area contributed by atoms with E-state index in [1.165, 1.54) is 16.8 Å². The summed E-state index contributed by atoms with van der Waals surface area (Å²) in [5.41, 5.74) is 9.30. The minimum atomic E-state index is 0.787. The molecule has 0 aromatic heterocycles. The molecule has 0 saturated heterocycles. The lowest BCUT2D eigenvalue weighted by atomic mass is 10.1. The normalized spacial score (nSPS) is 13.9. The maximum absolute atomic E-state index is 4.59. The molecule has 7 heteroatoms. The number of anilines is 1. The Kier molecular flexibility index (Phi) is 7.67. The molecule has 0 spiro atoms. The predicted octanol–water partition coefficient (Wildman–Crippen LogP) is 7.46. The SMILES string of the molecule is CCN(CCN1C=CN(C)C1)c1ccc(N=Nc2ccc(/C=N/N=C3c4ccccc4-c4ccccc43)cc2)cc1. The highest BCUT2D eigenvalue weighted by Crippen LogP contribution is 2.36. The molecule has 0 atom stereocenters. The first-order valence-electron chi connectivity index (χ1n) is 14.0. The van der Waals surface area contributed by atoms with Crippen molar-refractivity contribution in [1.29, 1.82) is 0 Å². The van der Waals surface area contributed by atoms with Crippen LogP contribution in [0.5, 0.6) is 0 Å². The number of benzene rings is 4. The summed E-state index contributed by atoms with van der Waals surface area (Å²) in [5.74, 6) is 0. The molecule has 6 rings (SSSR count). The van der Waals surface area contributed by atoms with Gasteiger partial charge in [0.25, 0.3) is 0 Å². The van der Waals surface area contributed by atoms with Crippen LogP contribution < -0.4 is 4.90 Å². The van der Waals surface area contributed by atoms with Crippen molar-refractivity contribution in [2.24, 2.45) is 20.4 Å². The van der Waals surface area contributed by atoms with E-state index in [0.717, 1.165) is 60.1 Å². The summed E-state index contributed by atoms with van der Waals surface area (Å²) < 4.78 is 0. The smallest absolute Gasteiger partial charge is 0.101 e. The molecule has 7 nitrogen and oxygen atoms in total. The minimum absolute atomic E-state index is 0.787. The van der Waals surface area contributed by atoms with Gasteiger partial charge in [0.05, 0.1) is 24.3 Å². The van der Waals surface area contributed by atoms with Gasteiger partial charge in [0, 0.05) is 55.9 Å². The third-order valence-corrected chi connectivity index (χ3v) is 7.38. The van der Waals surface area contributed by atoms with Crippen molar-refractivity contribution >= 4 is 29.0 Å². The van der Waals surface area contributed by atoms with Gasteiger partial charge >= 0.3 is 0 Å². The average Bonchev–Trinajstić information content (AvgIpc) is 3.58. The Hall–Kier alpha value is -5.04. The van der Waals surface area contributed by atoms with Gasteiger partial charge in [0.2, 0.25) is 0 Å². The van der Waals surface area contributed by atoms with E-state index in [2.05, 4.69) is 110 Å². The van der Waals surface area contributed by atoms with E-state index in [9.17, 15) is 0 Å². The van der Waals surface area contributed by atoms with Crippen molar-refractivity contribution in [3.8, 4) is 11.1 Å². The van der Waals surface area contributed by atoms with Crippen molar-refractivity contribution < 1.29 is 0 Å². The van der Waals surface area contributed by atoms with Gasteiger partial charge in [-0.05, 0) is 60.0 Å². The second kappa shape index (κ2) is 12.0. The molecule has 0 amide bonds. The molecule has 1 aliphatic carbocycles. The molecule has 2 aliphatic rings. The Balaban J connectivity index is 1.07. The van der Waals surface area contributed by atoms with Crippen LogP contribution in [0, 0.1) is 0 Å². The summed E-state index contributed by atoms with van der Waals surface area (Å²) in [6, 6.07) is 32.8. The number of azo groups is 1. The van der Waals surface area contributed by atoms with Crippen molar-refractivity contribution in [3.63, 3.8) is 0 Å². The molecule has 0 radical (unpaired) electrons. The average molecular weight is 540 g/mol. The second-order valence-corrected chi connectivity index (χ2v) is 10.2. The number of hydrogen-bond acceptors (Lipinski definition) is 7. The van der Waals surface area contributed by atoms with Crippen LogP contribution >= 0.6 is 0 Å². The number of likely N-dealkylation sites (N-methyl/N-ethyl adjacent to an activating group) is 1. The van der Waals surface area contributed by atoms with Crippen molar-refractivity contribution in [3.05, 3.63) is 126 Å². The first-order valence-corrected chi connectivity index (χ1v) is 14.0. The van der Waals surface area contributed by atoms with E-state index < -0.39 is 0 Å². The maximum Gasteiger partial charge on any atom is 0.101 e. The third kappa shape index (κ3) is 5.94. The summed E-state index contributed by atoms with van der Waals surface area (Å²) in [6.45, 7) is 6.05. The van der Waals surface area contributed by atoms with Gasteiger partial charge in [0.15, 0.2) is 0 Å². The summed E-state index contributed by atoms with van der Waals surface area (Å²) in [5, 5.41) is 17.9. The molecule has 1 heterocycles. The summed E-state index contributed by atoms with van der Waals surface area (Å²) in [6.07, 6.45) is 6.04. The van der Waals surface area contributed by atoms with Gasteiger partial charge in [-0.3, -0.25) is 0 Å². The Bertz CT molecular complexity index is 1570. The van der Waals surface area contributed by atoms with Crippen molar-refractivity contribution in [2.45, 2.75) is 6.92 Å². The number of rotatable bonds is 9. The molecule has 0 saturated carbocycles. The lowest BCUT2D eigenvalue weighted by Crippen LogP contribution is -2.33. The molecule has 4 aromatic rings. The van der Waals surface area contributed by atoms with E-state index in [-0.39, 0.29) is 0 Å². The Morgan fingerprint density at radius 2 is 1.32 bits per heavy atom. The van der Waals surface area contributed by atoms with Crippen LogP contribution in [0.25, 0.3) is 11.1 Å². The van der Waals surface area contributed by atoms with E-state index >= 15 is 0 Å². The quantitative estimate of drug-likeness (QED) is 0.111. The zero-order chi connectivity index (χ0) is 28.0. The van der Waals surface area contributed by atoms with Gasteiger partial charge in [-0.2, -0.15) is 15.3 Å². The summed E-state index contributed by atoms with van der Waals surface area (Å²) in [4.78, 5) is 6.88. The Morgan fingerprint density at radius 1 is 0.732 bits per heavy atom. The monoisotopic (exact) mass is 539 g/mol. The number of nitrogens with zero attached hydrogens (tertiary/aromatic N) is 7. The minimum Gasteiger partial charge on any atom is -0.370 e. The highest BCUT2D eigenvalue weighted by molar-refractivity contribution is 6.24. The molecule has 0 fully saturated rings. The highest BCUT2D eigenvalue weighted by Gasteiger charge is 2.23. The van der Waals surface area contributed by atoms with Gasteiger partial charge in [-0.1, -0.05) is 60.7 Å². The molecule has 0 unspecified atom stereocenters. The first kappa shape index (κ1) is 26.2. The zero-order valence-electron chi connectivity index (χ0n) is 23.4. The van der Waals surface area contributed by atoms with E-state index in [0.29, 0.717) is 0 Å². The van der Waals surface area contributed by atoms with Crippen LogP contribution in [0.1, 0.15) is 23.6 Å². The molecular formula is C34H33N7. The van der Waals surface area contributed by atoms with Crippen LogP contribution in [0.15, 0.2) is 130 Å². The van der Waals surface area contributed by atoms with Crippen LogP contribution in [-0.2, 0) is 0 Å². The maximum atomic E-state index is 4.59. The van der Waals surface area contributed by atoms with E-state index in [4.69, 9.17) is 0 Å². The van der Waals surface area contributed by atoms with E-state index in [1.807, 2.05) is 48.5 Å². The highest BCUT2D eigenvalue weighted by atomic mass is 15.3. The lowest BCUT2D eigenvalue weighted by Gasteiger charge is -2.26. The fourth-order valence-electron chi connectivity index (χ4n) is 5.18. The van der Waals surface area contributed by atoms with Crippen LogP contribution in [0.2, 0.25) is 0 Å². The molecule has 0 N–H and O–H groups in total. The predicted molar refractivity (Wildman–Crippen MR) is 169 cm³/mol. The van der Waals surface area contributed by atoms with Crippen LogP contribution in [0.3, 0.4) is 0 Å². The standard InChI is InChI=1S/C34H33N7/c1-3-41(23-22-40-21-20-39(2)25-40)29-18-16-28(17-19-29)37-36-27-14-12-26(13-15-27)24-35-38-34-32-10-6-4-8-30(32)31-9-5-7-11-33(31)34/h4-21,24H,3,22-23,25H2,1-2H3/b35-24+,37-36?. The molecule has 0 bridgehead atoms. The molecule has 1 aliphatic heterocycles. The Morgan fingerprint density at radius 3 is 1.88 bits per heavy atom. The number of fused-ring (bicyclic) bond motifs is 3. The largest absolute Gasteiger partial charge is 0.370 e. The van der Waals surface area contributed by atoms with Crippen molar-refractivity contribution in [2.75, 3.05) is 38.3 Å². The van der Waals surface area contributed by atoms with Crippen molar-refractivity contribution in [1.82, 2.24) is 9.80 Å². The van der Waals surface area contributed by atoms with Gasteiger partial charge in [0.1, 0.15) is 5.71 Å². The van der Waals surface area contributed by atoms with Gasteiger partial charge < -0.3 is 14.7 Å². The lowest BCUT2D eigenvalue weighted by molar-refractivity contribution is 0.301. The number of hydrogen-bond donors (Lipinski definition) is 0. The molecule has 4 aromatic carbocycles. The zero-order valence-corrected chi connectivity index (χ0v) is 23.4. The molecule has 204 valence electrons. The van der Waals surface area contributed by atoms with Gasteiger partial charge in [-0.15, -0.1) is 5.10 Å². The summed E-state index contributed by atoms with van der Waals surface area (Å²) >= 11 is 0. The second-order valence-electron chi connectivity index (χ2n) is 10.2. The molecule has 41 heavy (non-hydrogen) atoms. The third-order valence-electron chi connectivity index (χ3n) is 7.38. The van der Waals surface area contributed by atoms with Gasteiger partial charge in [-0.25, -0.2) is 0 Å².